The summed E-state index contributed by atoms with van der Waals surface area (Å²) in [6.45, 7) is 5.93. The molecule has 0 amide bonds. The lowest BCUT2D eigenvalue weighted by Gasteiger charge is -2.30. The lowest BCUT2D eigenvalue weighted by Crippen LogP contribution is -2.41. The van der Waals surface area contributed by atoms with Gasteiger partial charge in [0.2, 0.25) is 0 Å². The van der Waals surface area contributed by atoms with Crippen LogP contribution in [-0.2, 0) is 4.74 Å². The van der Waals surface area contributed by atoms with Crippen molar-refractivity contribution in [3.63, 3.8) is 0 Å². The van der Waals surface area contributed by atoms with Crippen LogP contribution in [0.15, 0.2) is 10.5 Å². The summed E-state index contributed by atoms with van der Waals surface area (Å²) in [5, 5.41) is 3.47. The van der Waals surface area contributed by atoms with Gasteiger partial charge >= 0.3 is 0 Å². The van der Waals surface area contributed by atoms with Crippen molar-refractivity contribution >= 4 is 0 Å². The summed E-state index contributed by atoms with van der Waals surface area (Å²) in [7, 11) is 0. The first-order valence-electron chi connectivity index (χ1n) is 6.17. The predicted octanol–water partition coefficient (Wildman–Crippen LogP) is 2.34. The molecule has 1 saturated heterocycles. The van der Waals surface area contributed by atoms with Crippen molar-refractivity contribution in [2.45, 2.75) is 38.9 Å². The molecule has 3 nitrogen and oxygen atoms in total. The Morgan fingerprint density at radius 2 is 2.06 bits per heavy atom. The zero-order chi connectivity index (χ0) is 11.1. The van der Waals surface area contributed by atoms with Crippen molar-refractivity contribution in [3.8, 4) is 0 Å². The van der Waals surface area contributed by atoms with Gasteiger partial charge in [-0.05, 0) is 38.7 Å². The fourth-order valence-corrected chi connectivity index (χ4v) is 2.56. The molecule has 0 radical (unpaired) electrons. The SMILES string of the molecule is Cc1cc(C2CNCC(C3CC3)O2)c(C)o1. The monoisotopic (exact) mass is 221 g/mol. The fraction of sp³-hybridized carbons (Fsp3) is 0.692. The average Bonchev–Trinajstić information content (AvgIpc) is 3.05. The minimum absolute atomic E-state index is 0.178. The van der Waals surface area contributed by atoms with Crippen molar-refractivity contribution in [1.82, 2.24) is 5.32 Å². The van der Waals surface area contributed by atoms with Crippen LogP contribution in [0.4, 0.5) is 0 Å². The summed E-state index contributed by atoms with van der Waals surface area (Å²) in [4.78, 5) is 0. The van der Waals surface area contributed by atoms with E-state index in [1.165, 1.54) is 18.4 Å². The molecule has 2 fully saturated rings. The number of furan rings is 1. The van der Waals surface area contributed by atoms with Gasteiger partial charge < -0.3 is 14.5 Å². The van der Waals surface area contributed by atoms with E-state index < -0.39 is 0 Å². The molecular weight excluding hydrogens is 202 g/mol. The smallest absolute Gasteiger partial charge is 0.106 e. The number of nitrogens with one attached hydrogen (secondary N) is 1. The Hall–Kier alpha value is -0.800. The largest absolute Gasteiger partial charge is 0.466 e. The van der Waals surface area contributed by atoms with Crippen LogP contribution < -0.4 is 5.32 Å². The van der Waals surface area contributed by atoms with Crippen LogP contribution in [0.1, 0.15) is 36.0 Å². The number of hydrogen-bond donors (Lipinski definition) is 1. The second-order valence-corrected chi connectivity index (χ2v) is 5.03. The van der Waals surface area contributed by atoms with E-state index in [0.29, 0.717) is 6.10 Å². The maximum absolute atomic E-state index is 6.17. The van der Waals surface area contributed by atoms with E-state index >= 15 is 0 Å². The first-order valence-corrected chi connectivity index (χ1v) is 6.17. The van der Waals surface area contributed by atoms with Crippen molar-refractivity contribution in [3.05, 3.63) is 23.2 Å². The minimum atomic E-state index is 0.178. The van der Waals surface area contributed by atoms with Crippen LogP contribution in [0.5, 0.6) is 0 Å². The van der Waals surface area contributed by atoms with E-state index in [4.69, 9.17) is 9.15 Å². The van der Waals surface area contributed by atoms with Crippen LogP contribution in [0.2, 0.25) is 0 Å². The third-order valence-corrected chi connectivity index (χ3v) is 3.59. The molecule has 16 heavy (non-hydrogen) atoms. The topological polar surface area (TPSA) is 34.4 Å². The average molecular weight is 221 g/mol. The Morgan fingerprint density at radius 1 is 1.25 bits per heavy atom. The first kappa shape index (κ1) is 10.4. The second kappa shape index (κ2) is 3.90. The van der Waals surface area contributed by atoms with E-state index in [1.54, 1.807) is 0 Å². The van der Waals surface area contributed by atoms with Gasteiger partial charge in [-0.1, -0.05) is 0 Å². The Morgan fingerprint density at radius 3 is 2.69 bits per heavy atom. The van der Waals surface area contributed by atoms with Crippen molar-refractivity contribution in [2.24, 2.45) is 5.92 Å². The molecule has 2 aliphatic rings. The lowest BCUT2D eigenvalue weighted by atomic mass is 10.1. The van der Waals surface area contributed by atoms with E-state index in [2.05, 4.69) is 11.4 Å². The quantitative estimate of drug-likeness (QED) is 0.832. The van der Waals surface area contributed by atoms with Gasteiger partial charge in [-0.3, -0.25) is 0 Å². The second-order valence-electron chi connectivity index (χ2n) is 5.03. The standard InChI is InChI=1S/C13H19NO2/c1-8-5-11(9(2)15-8)13-7-14-6-12(16-13)10-3-4-10/h5,10,12-14H,3-4,6-7H2,1-2H3. The van der Waals surface area contributed by atoms with Crippen molar-refractivity contribution in [1.29, 1.82) is 0 Å². The summed E-state index contributed by atoms with van der Waals surface area (Å²) in [6, 6.07) is 2.11. The Labute approximate surface area is 96.2 Å². The van der Waals surface area contributed by atoms with Gasteiger partial charge in [-0.2, -0.15) is 0 Å². The number of ether oxygens (including phenoxy) is 1. The third kappa shape index (κ3) is 1.89. The van der Waals surface area contributed by atoms with E-state index in [1.807, 2.05) is 13.8 Å². The minimum Gasteiger partial charge on any atom is -0.466 e. The highest BCUT2D eigenvalue weighted by atomic mass is 16.5. The molecular formula is C13H19NO2. The molecule has 2 atom stereocenters. The maximum atomic E-state index is 6.17. The van der Waals surface area contributed by atoms with Gasteiger partial charge in [0.15, 0.2) is 0 Å². The van der Waals surface area contributed by atoms with Crippen LogP contribution in [0.3, 0.4) is 0 Å². The van der Waals surface area contributed by atoms with Gasteiger partial charge in [0.1, 0.15) is 11.5 Å². The highest BCUT2D eigenvalue weighted by Crippen LogP contribution is 2.38. The van der Waals surface area contributed by atoms with Crippen LogP contribution in [-0.4, -0.2) is 19.2 Å². The van der Waals surface area contributed by atoms with E-state index in [9.17, 15) is 0 Å². The molecule has 0 bridgehead atoms. The highest BCUT2D eigenvalue weighted by Gasteiger charge is 2.36. The lowest BCUT2D eigenvalue weighted by molar-refractivity contribution is -0.0499. The maximum Gasteiger partial charge on any atom is 0.106 e. The van der Waals surface area contributed by atoms with Crippen LogP contribution >= 0.6 is 0 Å². The van der Waals surface area contributed by atoms with Crippen molar-refractivity contribution < 1.29 is 9.15 Å². The van der Waals surface area contributed by atoms with E-state index in [-0.39, 0.29) is 6.10 Å². The zero-order valence-electron chi connectivity index (χ0n) is 9.95. The Kier molecular flexibility index (Phi) is 2.52. The van der Waals surface area contributed by atoms with Gasteiger partial charge in [0.25, 0.3) is 0 Å². The summed E-state index contributed by atoms with van der Waals surface area (Å²) in [5.74, 6) is 2.77. The predicted molar refractivity (Wildman–Crippen MR) is 61.4 cm³/mol. The summed E-state index contributed by atoms with van der Waals surface area (Å²) in [5.41, 5.74) is 1.22. The number of rotatable bonds is 2. The highest BCUT2D eigenvalue weighted by molar-refractivity contribution is 5.23. The van der Waals surface area contributed by atoms with Crippen LogP contribution in [0.25, 0.3) is 0 Å². The van der Waals surface area contributed by atoms with Gasteiger partial charge in [-0.25, -0.2) is 0 Å². The van der Waals surface area contributed by atoms with E-state index in [0.717, 1.165) is 30.5 Å². The third-order valence-electron chi connectivity index (χ3n) is 3.59. The number of morpholine rings is 1. The summed E-state index contributed by atoms with van der Waals surface area (Å²) in [6.07, 6.45) is 3.26. The summed E-state index contributed by atoms with van der Waals surface area (Å²) >= 11 is 0. The van der Waals surface area contributed by atoms with Crippen molar-refractivity contribution in [2.75, 3.05) is 13.1 Å². The molecule has 3 heteroatoms. The molecule has 1 saturated carbocycles. The van der Waals surface area contributed by atoms with Gasteiger partial charge in [-0.15, -0.1) is 0 Å². The molecule has 2 heterocycles. The van der Waals surface area contributed by atoms with Gasteiger partial charge in [0, 0.05) is 18.7 Å². The number of hydrogen-bond acceptors (Lipinski definition) is 3. The number of aryl methyl sites for hydroxylation is 2. The summed E-state index contributed by atoms with van der Waals surface area (Å²) < 4.78 is 11.7. The van der Waals surface area contributed by atoms with Gasteiger partial charge in [0.05, 0.1) is 12.2 Å². The molecule has 2 unspecified atom stereocenters. The molecule has 1 aromatic rings. The molecule has 1 aliphatic heterocycles. The first-order chi connectivity index (χ1) is 7.74. The zero-order valence-corrected chi connectivity index (χ0v) is 9.95. The molecule has 0 spiro atoms. The Balaban J connectivity index is 1.76. The normalized spacial score (nSPS) is 30.6. The molecule has 88 valence electrons. The van der Waals surface area contributed by atoms with Crippen LogP contribution in [0, 0.1) is 19.8 Å². The molecule has 0 aromatic carbocycles. The molecule has 1 N–H and O–H groups in total. The molecule has 3 rings (SSSR count). The molecule has 1 aliphatic carbocycles. The Bertz CT molecular complexity index is 381. The molecule has 1 aromatic heterocycles. The fourth-order valence-electron chi connectivity index (χ4n) is 2.56.